The van der Waals surface area contributed by atoms with Crippen molar-refractivity contribution in [2.45, 2.75) is 25.0 Å². The molecule has 1 fully saturated rings. The van der Waals surface area contributed by atoms with Crippen LogP contribution < -0.4 is 5.11 Å². The zero-order valence-electron chi connectivity index (χ0n) is 17.2. The molecule has 2 aromatic carbocycles. The number of benzene rings is 2. The molecule has 3 rings (SSSR count). The maximum absolute atomic E-state index is 13.1. The molecule has 1 heterocycles. The number of morpholine rings is 1. The van der Waals surface area contributed by atoms with Gasteiger partial charge >= 0.3 is 0 Å². The third-order valence-electron chi connectivity index (χ3n) is 5.69. The molecule has 0 bridgehead atoms. The van der Waals surface area contributed by atoms with Crippen LogP contribution in [0.5, 0.6) is 0 Å². The molecule has 8 heteroatoms. The van der Waals surface area contributed by atoms with Crippen LogP contribution in [0.25, 0.3) is 10.8 Å². The van der Waals surface area contributed by atoms with E-state index in [1.807, 2.05) is 36.4 Å². The van der Waals surface area contributed by atoms with E-state index in [9.17, 15) is 23.1 Å². The Morgan fingerprint density at radius 2 is 1.73 bits per heavy atom. The Morgan fingerprint density at radius 1 is 1.10 bits per heavy atom. The number of carbonyl (C=O) groups excluding carboxylic acids is 2. The van der Waals surface area contributed by atoms with Crippen molar-refractivity contribution < 1.29 is 27.9 Å². The number of carboxylic acids is 1. The first kappa shape index (κ1) is 22.2. The molecule has 0 aromatic heterocycles. The highest BCUT2D eigenvalue weighted by Crippen LogP contribution is 2.26. The zero-order valence-corrected chi connectivity index (χ0v) is 18.0. The van der Waals surface area contributed by atoms with Crippen molar-refractivity contribution >= 4 is 32.5 Å². The highest BCUT2D eigenvalue weighted by atomic mass is 32.2. The van der Waals surface area contributed by atoms with Crippen molar-refractivity contribution in [1.82, 2.24) is 4.90 Å². The number of amides is 1. The second-order valence-corrected chi connectivity index (χ2v) is 10.6. The molecule has 162 valence electrons. The Bertz CT molecular complexity index is 1040. The fourth-order valence-corrected chi connectivity index (χ4v) is 5.30. The highest BCUT2D eigenvalue weighted by molar-refractivity contribution is 7.93. The molecule has 0 spiro atoms. The predicted octanol–water partition coefficient (Wildman–Crippen LogP) is 0.801. The number of hydrogen-bond acceptors (Lipinski definition) is 6. The number of ether oxygens (including phenoxy) is 1. The number of fused-ring (bicyclic) bond motifs is 1. The maximum atomic E-state index is 13.1. The summed E-state index contributed by atoms with van der Waals surface area (Å²) in [4.78, 5) is 26.2. The summed E-state index contributed by atoms with van der Waals surface area (Å²) in [6, 6.07) is 13.0. The monoisotopic (exact) mass is 432 g/mol. The number of hydrogen-bond donors (Lipinski definition) is 0. The van der Waals surface area contributed by atoms with Gasteiger partial charge < -0.3 is 19.5 Å². The minimum absolute atomic E-state index is 0.00470. The van der Waals surface area contributed by atoms with Crippen LogP contribution in [-0.4, -0.2) is 62.0 Å². The molecule has 0 saturated carbocycles. The molecular weight excluding hydrogens is 406 g/mol. The van der Waals surface area contributed by atoms with Crippen LogP contribution in [-0.2, 0) is 30.6 Å². The molecular formula is C22H26NO6S-. The van der Waals surface area contributed by atoms with Crippen molar-refractivity contribution in [2.24, 2.45) is 5.92 Å². The Balaban J connectivity index is 1.84. The van der Waals surface area contributed by atoms with Crippen LogP contribution in [0.3, 0.4) is 0 Å². The van der Waals surface area contributed by atoms with E-state index in [0.717, 1.165) is 16.3 Å². The first-order valence-corrected chi connectivity index (χ1v) is 11.6. The summed E-state index contributed by atoms with van der Waals surface area (Å²) in [5.74, 6) is -3.91. The van der Waals surface area contributed by atoms with Crippen molar-refractivity contribution in [3.05, 3.63) is 48.0 Å². The summed E-state index contributed by atoms with van der Waals surface area (Å²) >= 11 is 0. The molecule has 30 heavy (non-hydrogen) atoms. The molecule has 1 unspecified atom stereocenters. The van der Waals surface area contributed by atoms with Gasteiger partial charge in [-0.3, -0.25) is 4.79 Å². The predicted molar refractivity (Wildman–Crippen MR) is 111 cm³/mol. The molecule has 1 amide bonds. The highest BCUT2D eigenvalue weighted by Gasteiger charge is 2.45. The van der Waals surface area contributed by atoms with E-state index in [1.165, 1.54) is 18.7 Å². The van der Waals surface area contributed by atoms with E-state index >= 15 is 0 Å². The van der Waals surface area contributed by atoms with Crippen LogP contribution >= 0.6 is 0 Å². The maximum Gasteiger partial charge on any atom is 0.243 e. The van der Waals surface area contributed by atoms with E-state index in [4.69, 9.17) is 4.74 Å². The van der Waals surface area contributed by atoms with Gasteiger partial charge in [0.25, 0.3) is 0 Å². The Kier molecular flexibility index (Phi) is 6.47. The van der Waals surface area contributed by atoms with Gasteiger partial charge in [0.05, 0.1) is 19.0 Å². The summed E-state index contributed by atoms with van der Waals surface area (Å²) in [5, 5.41) is 13.6. The minimum Gasteiger partial charge on any atom is -0.550 e. The molecule has 1 atom stereocenters. The average molecular weight is 433 g/mol. The smallest absolute Gasteiger partial charge is 0.243 e. The van der Waals surface area contributed by atoms with Crippen LogP contribution in [0.15, 0.2) is 42.5 Å². The number of rotatable bonds is 7. The second-order valence-electron chi connectivity index (χ2n) is 8.05. The third kappa shape index (κ3) is 4.49. The Morgan fingerprint density at radius 3 is 2.40 bits per heavy atom. The molecule has 1 aliphatic heterocycles. The van der Waals surface area contributed by atoms with Gasteiger partial charge in [-0.05, 0) is 36.6 Å². The summed E-state index contributed by atoms with van der Waals surface area (Å²) < 4.78 is 29.7. The Labute approximate surface area is 176 Å². The van der Waals surface area contributed by atoms with Gasteiger partial charge in [-0.2, -0.15) is 0 Å². The van der Waals surface area contributed by atoms with Gasteiger partial charge in [0.15, 0.2) is 9.84 Å². The Hall–Kier alpha value is -2.45. The van der Waals surface area contributed by atoms with E-state index in [2.05, 4.69) is 0 Å². The van der Waals surface area contributed by atoms with Crippen molar-refractivity contribution in [3.8, 4) is 0 Å². The lowest BCUT2D eigenvalue weighted by molar-refractivity contribution is -0.310. The van der Waals surface area contributed by atoms with Crippen molar-refractivity contribution in [2.75, 3.05) is 32.1 Å². The molecule has 0 aliphatic carbocycles. The number of carboxylic acid groups (broad SMARTS) is 1. The van der Waals surface area contributed by atoms with Gasteiger partial charge in [-0.15, -0.1) is 0 Å². The van der Waals surface area contributed by atoms with Gasteiger partial charge in [0.1, 0.15) is 4.75 Å². The summed E-state index contributed by atoms with van der Waals surface area (Å²) in [5.41, 5.74) is 0.731. The first-order valence-electron chi connectivity index (χ1n) is 9.90. The standard InChI is InChI=1S/C22H27NO6S/c1-22(2,21(26)23-10-12-29-13-11-23)30(27,28)15-18(20(24)25)14-17-8-5-7-16-6-3-4-9-19(16)17/h3-9,18H,10-15H2,1-2H3,(H,24,25)/p-1. The van der Waals surface area contributed by atoms with Crippen LogP contribution in [0.4, 0.5) is 0 Å². The molecule has 0 N–H and O–H groups in total. The molecule has 7 nitrogen and oxygen atoms in total. The number of nitrogens with zero attached hydrogens (tertiary/aromatic N) is 1. The van der Waals surface area contributed by atoms with Crippen molar-refractivity contribution in [1.29, 1.82) is 0 Å². The van der Waals surface area contributed by atoms with E-state index in [-0.39, 0.29) is 6.42 Å². The second kappa shape index (κ2) is 8.73. The fourth-order valence-electron chi connectivity index (χ4n) is 3.70. The van der Waals surface area contributed by atoms with Gasteiger partial charge in [-0.25, -0.2) is 8.42 Å². The van der Waals surface area contributed by atoms with E-state index in [0.29, 0.717) is 26.3 Å². The normalized spacial score (nSPS) is 16.4. The summed E-state index contributed by atoms with van der Waals surface area (Å²) in [7, 11) is -4.08. The quantitative estimate of drug-likeness (QED) is 0.641. The van der Waals surface area contributed by atoms with Crippen molar-refractivity contribution in [3.63, 3.8) is 0 Å². The topological polar surface area (TPSA) is 104 Å². The van der Waals surface area contributed by atoms with E-state index in [1.54, 1.807) is 6.07 Å². The largest absolute Gasteiger partial charge is 0.550 e. The molecule has 0 radical (unpaired) electrons. The molecule has 2 aromatic rings. The van der Waals surface area contributed by atoms with Crippen LogP contribution in [0, 0.1) is 5.92 Å². The SMILES string of the molecule is CC(C)(C(=O)N1CCOCC1)S(=O)(=O)CC(Cc1cccc2ccccc12)C(=O)[O-]. The van der Waals surface area contributed by atoms with Gasteiger partial charge in [0, 0.05) is 25.0 Å². The van der Waals surface area contributed by atoms with Crippen LogP contribution in [0.1, 0.15) is 19.4 Å². The van der Waals surface area contributed by atoms with Gasteiger partial charge in [-0.1, -0.05) is 42.5 Å². The van der Waals surface area contributed by atoms with Gasteiger partial charge in [0.2, 0.25) is 5.91 Å². The number of sulfone groups is 1. The first-order chi connectivity index (χ1) is 14.1. The lowest BCUT2D eigenvalue weighted by atomic mass is 9.96. The zero-order chi connectivity index (χ0) is 21.9. The fraction of sp³-hybridized carbons (Fsp3) is 0.455. The van der Waals surface area contributed by atoms with E-state index < -0.39 is 38.1 Å². The van der Waals surface area contributed by atoms with Crippen LogP contribution in [0.2, 0.25) is 0 Å². The third-order valence-corrected chi connectivity index (χ3v) is 8.26. The summed E-state index contributed by atoms with van der Waals surface area (Å²) in [6.45, 7) is 4.01. The average Bonchev–Trinajstić information content (AvgIpc) is 2.73. The molecule has 1 aliphatic rings. The summed E-state index contributed by atoms with van der Waals surface area (Å²) in [6.07, 6.45) is 0.00470. The number of aliphatic carboxylic acids is 1. The number of carbonyl (C=O) groups is 2. The minimum atomic E-state index is -4.08. The lowest BCUT2D eigenvalue weighted by Gasteiger charge is -2.34. The molecule has 1 saturated heterocycles. The lowest BCUT2D eigenvalue weighted by Crippen LogP contribution is -2.55.